The minimum atomic E-state index is -0.289. The van der Waals surface area contributed by atoms with Gasteiger partial charge in [0.05, 0.1) is 10.5 Å². The standard InChI is InChI=1S/C30H17NO2S/c32-31(33)27-16-8-7-12-21(27)25-17-26-28-22-13-4-1-9-18(22)19-10-2-6-15-24(19)30(28)34-29(26)23-14-5-3-11-20(23)25/h1-17H. The molecular formula is C30H17NO2S. The molecule has 0 unspecified atom stereocenters. The van der Waals surface area contributed by atoms with Crippen molar-refractivity contribution in [2.24, 2.45) is 0 Å². The van der Waals surface area contributed by atoms with Crippen molar-refractivity contribution in [1.82, 2.24) is 0 Å². The van der Waals surface area contributed by atoms with E-state index in [1.165, 1.54) is 36.3 Å². The molecule has 0 saturated heterocycles. The molecule has 0 aliphatic rings. The van der Waals surface area contributed by atoms with Crippen molar-refractivity contribution in [3.8, 4) is 11.1 Å². The number of nitro groups is 1. The van der Waals surface area contributed by atoms with Crippen LogP contribution in [0.1, 0.15) is 0 Å². The third-order valence-electron chi connectivity index (χ3n) is 6.74. The van der Waals surface area contributed by atoms with E-state index in [0.717, 1.165) is 21.7 Å². The summed E-state index contributed by atoms with van der Waals surface area (Å²) in [6, 6.07) is 34.6. The Morgan fingerprint density at radius 3 is 1.76 bits per heavy atom. The van der Waals surface area contributed by atoms with Gasteiger partial charge in [0.15, 0.2) is 0 Å². The lowest BCUT2D eigenvalue weighted by atomic mass is 9.92. The zero-order valence-corrected chi connectivity index (χ0v) is 18.8. The number of para-hydroxylation sites is 1. The van der Waals surface area contributed by atoms with Crippen LogP contribution >= 0.6 is 11.3 Å². The Morgan fingerprint density at radius 2 is 1.06 bits per heavy atom. The van der Waals surface area contributed by atoms with E-state index in [-0.39, 0.29) is 10.6 Å². The Kier molecular flexibility index (Phi) is 4.02. The normalized spacial score (nSPS) is 11.8. The molecular weight excluding hydrogens is 438 g/mol. The number of nitrogens with zero attached hydrogens (tertiary/aromatic N) is 1. The zero-order valence-electron chi connectivity index (χ0n) is 18.0. The van der Waals surface area contributed by atoms with Crippen LogP contribution < -0.4 is 0 Å². The summed E-state index contributed by atoms with van der Waals surface area (Å²) in [5, 5.41) is 21.4. The minimum Gasteiger partial charge on any atom is -0.258 e. The lowest BCUT2D eigenvalue weighted by molar-refractivity contribution is -0.384. The molecule has 0 saturated carbocycles. The van der Waals surface area contributed by atoms with Crippen molar-refractivity contribution < 1.29 is 4.92 Å². The Bertz CT molecular complexity index is 1950. The predicted octanol–water partition coefficient (Wildman–Crippen LogP) is 9.09. The van der Waals surface area contributed by atoms with Gasteiger partial charge >= 0.3 is 0 Å². The Hall–Kier alpha value is -4.28. The second kappa shape index (κ2) is 7.11. The van der Waals surface area contributed by atoms with E-state index >= 15 is 0 Å². The maximum absolute atomic E-state index is 11.9. The van der Waals surface area contributed by atoms with Crippen LogP contribution in [0.4, 0.5) is 5.69 Å². The van der Waals surface area contributed by atoms with E-state index in [1.807, 2.05) is 35.6 Å². The molecule has 0 N–H and O–H groups in total. The van der Waals surface area contributed by atoms with E-state index in [0.29, 0.717) is 5.56 Å². The molecule has 3 nitrogen and oxygen atoms in total. The summed E-state index contributed by atoms with van der Waals surface area (Å²) in [6.45, 7) is 0. The molecule has 34 heavy (non-hydrogen) atoms. The first kappa shape index (κ1) is 19.2. The van der Waals surface area contributed by atoms with Crippen molar-refractivity contribution in [3.05, 3.63) is 113 Å². The van der Waals surface area contributed by atoms with Crippen LogP contribution in [0, 0.1) is 10.1 Å². The van der Waals surface area contributed by atoms with Crippen LogP contribution in [-0.4, -0.2) is 4.92 Å². The highest BCUT2D eigenvalue weighted by molar-refractivity contribution is 7.27. The van der Waals surface area contributed by atoms with Crippen LogP contribution in [0.25, 0.3) is 63.6 Å². The summed E-state index contributed by atoms with van der Waals surface area (Å²) in [6.07, 6.45) is 0. The first-order chi connectivity index (χ1) is 16.7. The van der Waals surface area contributed by atoms with Crippen LogP contribution in [0.15, 0.2) is 103 Å². The minimum absolute atomic E-state index is 0.127. The number of hydrogen-bond donors (Lipinski definition) is 0. The topological polar surface area (TPSA) is 43.1 Å². The van der Waals surface area contributed by atoms with E-state index < -0.39 is 0 Å². The molecule has 0 bridgehead atoms. The van der Waals surface area contributed by atoms with E-state index in [1.54, 1.807) is 12.1 Å². The number of benzene rings is 6. The molecule has 4 heteroatoms. The Labute approximate surface area is 198 Å². The van der Waals surface area contributed by atoms with Crippen LogP contribution in [0.2, 0.25) is 0 Å². The largest absolute Gasteiger partial charge is 0.277 e. The SMILES string of the molecule is O=[N+]([O-])c1ccccc1-c1cc2c(sc3c4ccccc4c4ccccc4c23)c2ccccc12. The van der Waals surface area contributed by atoms with Crippen LogP contribution in [0.3, 0.4) is 0 Å². The molecule has 7 rings (SSSR count). The lowest BCUT2D eigenvalue weighted by Gasteiger charge is -2.10. The Balaban J connectivity index is 1.76. The molecule has 0 radical (unpaired) electrons. The van der Waals surface area contributed by atoms with Gasteiger partial charge in [-0.25, -0.2) is 0 Å². The van der Waals surface area contributed by atoms with Crippen molar-refractivity contribution in [1.29, 1.82) is 0 Å². The maximum atomic E-state index is 11.9. The van der Waals surface area contributed by atoms with Gasteiger partial charge in [0.25, 0.3) is 5.69 Å². The van der Waals surface area contributed by atoms with Crippen molar-refractivity contribution in [2.75, 3.05) is 0 Å². The molecule has 0 aliphatic heterocycles. The van der Waals surface area contributed by atoms with E-state index in [9.17, 15) is 10.1 Å². The maximum Gasteiger partial charge on any atom is 0.277 e. The number of fused-ring (bicyclic) bond motifs is 10. The van der Waals surface area contributed by atoms with Gasteiger partial charge < -0.3 is 0 Å². The molecule has 0 fully saturated rings. The Morgan fingerprint density at radius 1 is 0.529 bits per heavy atom. The first-order valence-corrected chi connectivity index (χ1v) is 12.0. The third kappa shape index (κ3) is 2.57. The first-order valence-electron chi connectivity index (χ1n) is 11.1. The fourth-order valence-corrected chi connectivity index (χ4v) is 6.69. The van der Waals surface area contributed by atoms with E-state index in [2.05, 4.69) is 66.7 Å². The third-order valence-corrected chi connectivity index (χ3v) is 8.02. The van der Waals surface area contributed by atoms with Gasteiger partial charge in [0.1, 0.15) is 0 Å². The smallest absolute Gasteiger partial charge is 0.258 e. The van der Waals surface area contributed by atoms with Gasteiger partial charge in [0, 0.05) is 37.0 Å². The number of thiophene rings is 1. The van der Waals surface area contributed by atoms with Crippen molar-refractivity contribution in [3.63, 3.8) is 0 Å². The number of nitro benzene ring substituents is 1. The molecule has 0 aliphatic carbocycles. The zero-order chi connectivity index (χ0) is 22.8. The molecule has 7 aromatic rings. The summed E-state index contributed by atoms with van der Waals surface area (Å²) in [5.41, 5.74) is 1.67. The highest BCUT2D eigenvalue weighted by atomic mass is 32.1. The van der Waals surface area contributed by atoms with Crippen molar-refractivity contribution >= 4 is 69.5 Å². The molecule has 160 valence electrons. The molecule has 0 atom stereocenters. The fraction of sp³-hybridized carbons (Fsp3) is 0. The second-order valence-electron chi connectivity index (χ2n) is 8.52. The average Bonchev–Trinajstić information content (AvgIpc) is 3.29. The number of rotatable bonds is 2. The molecule has 6 aromatic carbocycles. The summed E-state index contributed by atoms with van der Waals surface area (Å²) >= 11 is 1.82. The highest BCUT2D eigenvalue weighted by Crippen LogP contribution is 2.48. The van der Waals surface area contributed by atoms with Gasteiger partial charge in [-0.15, -0.1) is 11.3 Å². The van der Waals surface area contributed by atoms with Gasteiger partial charge in [0.2, 0.25) is 0 Å². The highest BCUT2D eigenvalue weighted by Gasteiger charge is 2.21. The van der Waals surface area contributed by atoms with E-state index in [4.69, 9.17) is 0 Å². The lowest BCUT2D eigenvalue weighted by Crippen LogP contribution is -1.92. The second-order valence-corrected chi connectivity index (χ2v) is 9.54. The average molecular weight is 456 g/mol. The summed E-state index contributed by atoms with van der Waals surface area (Å²) in [4.78, 5) is 11.6. The van der Waals surface area contributed by atoms with Gasteiger partial charge in [-0.05, 0) is 39.2 Å². The van der Waals surface area contributed by atoms with Gasteiger partial charge in [-0.1, -0.05) is 84.9 Å². The molecule has 1 aromatic heterocycles. The van der Waals surface area contributed by atoms with Gasteiger partial charge in [-0.2, -0.15) is 0 Å². The molecule has 1 heterocycles. The van der Waals surface area contributed by atoms with Crippen molar-refractivity contribution in [2.45, 2.75) is 0 Å². The van der Waals surface area contributed by atoms with Crippen LogP contribution in [-0.2, 0) is 0 Å². The summed E-state index contributed by atoms with van der Waals surface area (Å²) < 4.78 is 2.48. The summed E-state index contributed by atoms with van der Waals surface area (Å²) in [5.74, 6) is 0. The molecule has 0 amide bonds. The summed E-state index contributed by atoms with van der Waals surface area (Å²) in [7, 11) is 0. The molecule has 0 spiro atoms. The quantitative estimate of drug-likeness (QED) is 0.148. The van der Waals surface area contributed by atoms with Crippen LogP contribution in [0.5, 0.6) is 0 Å². The number of hydrogen-bond acceptors (Lipinski definition) is 3. The fourth-order valence-electron chi connectivity index (χ4n) is 5.31. The monoisotopic (exact) mass is 455 g/mol. The predicted molar refractivity (Wildman–Crippen MR) is 144 cm³/mol. The van der Waals surface area contributed by atoms with Gasteiger partial charge in [-0.3, -0.25) is 10.1 Å².